The highest BCUT2D eigenvalue weighted by atomic mass is 32.2. The number of nitro groups is 1. The highest BCUT2D eigenvalue weighted by molar-refractivity contribution is 7.89. The predicted molar refractivity (Wildman–Crippen MR) is 102 cm³/mol. The number of nitrogens with one attached hydrogen (secondary N) is 3. The Kier molecular flexibility index (Phi) is 9.00. The van der Waals surface area contributed by atoms with E-state index in [0.29, 0.717) is 18.4 Å². The monoisotopic (exact) mass is 385 g/mol. The van der Waals surface area contributed by atoms with Gasteiger partial charge in [0.15, 0.2) is 5.96 Å². The first-order valence-electron chi connectivity index (χ1n) is 8.45. The van der Waals surface area contributed by atoms with Gasteiger partial charge in [-0.1, -0.05) is 19.9 Å². The second-order valence-electron chi connectivity index (χ2n) is 6.11. The van der Waals surface area contributed by atoms with Crippen LogP contribution in [0.1, 0.15) is 26.7 Å². The minimum atomic E-state index is -3.81. The van der Waals surface area contributed by atoms with Gasteiger partial charge in [0.05, 0.1) is 9.82 Å². The first-order chi connectivity index (χ1) is 12.3. The fraction of sp³-hybridized carbons (Fsp3) is 0.562. The lowest BCUT2D eigenvalue weighted by molar-refractivity contribution is -0.385. The normalized spacial score (nSPS) is 12.2. The third kappa shape index (κ3) is 7.79. The third-order valence-corrected chi connectivity index (χ3v) is 4.98. The van der Waals surface area contributed by atoms with Gasteiger partial charge in [-0.3, -0.25) is 15.1 Å². The molecule has 10 heteroatoms. The zero-order chi connectivity index (χ0) is 19.6. The van der Waals surface area contributed by atoms with Crippen LogP contribution in [0.15, 0.2) is 34.2 Å². The second kappa shape index (κ2) is 10.7. The van der Waals surface area contributed by atoms with E-state index in [1.165, 1.54) is 18.2 Å². The summed E-state index contributed by atoms with van der Waals surface area (Å²) in [5.74, 6) is 1.25. The number of hydrogen-bond donors (Lipinski definition) is 3. The Hall–Kier alpha value is -2.20. The molecule has 26 heavy (non-hydrogen) atoms. The van der Waals surface area contributed by atoms with E-state index in [0.717, 1.165) is 25.5 Å². The van der Waals surface area contributed by atoms with E-state index in [9.17, 15) is 18.5 Å². The standard InChI is InChI=1S/C16H27N5O4S/c1-13(2)6-5-9-18-16(17-3)19-10-11-20-26(24,25)15-8-4-7-14(12-15)21(22)23/h4,7-8,12-13,20H,5-6,9-11H2,1-3H3,(H2,17,18,19). The second-order valence-corrected chi connectivity index (χ2v) is 7.88. The molecule has 1 aromatic rings. The molecule has 0 aromatic heterocycles. The fourth-order valence-corrected chi connectivity index (χ4v) is 3.22. The van der Waals surface area contributed by atoms with Gasteiger partial charge < -0.3 is 10.6 Å². The number of non-ortho nitro benzene ring substituents is 1. The van der Waals surface area contributed by atoms with Gasteiger partial charge in [-0.15, -0.1) is 0 Å². The van der Waals surface area contributed by atoms with Crippen molar-refractivity contribution in [1.82, 2.24) is 15.4 Å². The van der Waals surface area contributed by atoms with Crippen LogP contribution in [0.5, 0.6) is 0 Å². The molecule has 0 bridgehead atoms. The van der Waals surface area contributed by atoms with Crippen LogP contribution in [0.25, 0.3) is 0 Å². The maximum absolute atomic E-state index is 12.2. The number of aliphatic imine (C=N–C) groups is 1. The number of sulfonamides is 1. The Morgan fingerprint density at radius 2 is 1.92 bits per heavy atom. The molecule has 0 spiro atoms. The van der Waals surface area contributed by atoms with Gasteiger partial charge >= 0.3 is 0 Å². The largest absolute Gasteiger partial charge is 0.356 e. The molecule has 0 aliphatic carbocycles. The van der Waals surface area contributed by atoms with Crippen LogP contribution >= 0.6 is 0 Å². The molecule has 0 radical (unpaired) electrons. The summed E-state index contributed by atoms with van der Waals surface area (Å²) >= 11 is 0. The summed E-state index contributed by atoms with van der Waals surface area (Å²) in [6.45, 7) is 5.58. The van der Waals surface area contributed by atoms with Gasteiger partial charge in [0.1, 0.15) is 0 Å². The summed E-state index contributed by atoms with van der Waals surface area (Å²) in [6.07, 6.45) is 2.14. The first-order valence-corrected chi connectivity index (χ1v) is 9.93. The Bertz CT molecular complexity index is 719. The number of rotatable bonds is 10. The lowest BCUT2D eigenvalue weighted by atomic mass is 10.1. The Labute approximate surface area is 154 Å². The summed E-state index contributed by atoms with van der Waals surface area (Å²) in [6, 6.07) is 4.94. The predicted octanol–water partition coefficient (Wildman–Crippen LogP) is 1.47. The fourth-order valence-electron chi connectivity index (χ4n) is 2.15. The summed E-state index contributed by atoms with van der Waals surface area (Å²) in [5, 5.41) is 16.9. The zero-order valence-electron chi connectivity index (χ0n) is 15.4. The number of guanidine groups is 1. The summed E-state index contributed by atoms with van der Waals surface area (Å²) < 4.78 is 26.8. The van der Waals surface area contributed by atoms with E-state index in [2.05, 4.69) is 34.2 Å². The van der Waals surface area contributed by atoms with Crippen LogP contribution in [0, 0.1) is 16.0 Å². The molecule has 0 amide bonds. The maximum atomic E-state index is 12.2. The van der Waals surface area contributed by atoms with Gasteiger partial charge in [0.2, 0.25) is 10.0 Å². The van der Waals surface area contributed by atoms with Crippen LogP contribution in [-0.4, -0.2) is 46.0 Å². The number of nitro benzene ring substituents is 1. The van der Waals surface area contributed by atoms with Crippen molar-refractivity contribution < 1.29 is 13.3 Å². The van der Waals surface area contributed by atoms with Crippen molar-refractivity contribution in [3.05, 3.63) is 34.4 Å². The van der Waals surface area contributed by atoms with Crippen molar-refractivity contribution in [2.75, 3.05) is 26.7 Å². The minimum absolute atomic E-state index is 0.123. The molecular weight excluding hydrogens is 358 g/mol. The lowest BCUT2D eigenvalue weighted by Gasteiger charge is -2.13. The summed E-state index contributed by atoms with van der Waals surface area (Å²) in [4.78, 5) is 14.1. The van der Waals surface area contributed by atoms with Crippen LogP contribution in [0.4, 0.5) is 5.69 Å². The average Bonchev–Trinajstić information content (AvgIpc) is 2.60. The first kappa shape index (κ1) is 21.8. The molecule has 1 aromatic carbocycles. The third-order valence-electron chi connectivity index (χ3n) is 3.52. The van der Waals surface area contributed by atoms with Gasteiger partial charge in [-0.05, 0) is 24.8 Å². The molecule has 0 aliphatic heterocycles. The smallest absolute Gasteiger partial charge is 0.270 e. The van der Waals surface area contributed by atoms with E-state index < -0.39 is 14.9 Å². The van der Waals surface area contributed by atoms with Crippen molar-refractivity contribution in [3.8, 4) is 0 Å². The SMILES string of the molecule is CN=C(NCCCC(C)C)NCCNS(=O)(=O)c1cccc([N+](=O)[O-])c1. The Balaban J connectivity index is 2.43. The molecule has 146 valence electrons. The van der Waals surface area contributed by atoms with Gasteiger partial charge in [-0.25, -0.2) is 13.1 Å². The van der Waals surface area contributed by atoms with E-state index in [-0.39, 0.29) is 17.1 Å². The lowest BCUT2D eigenvalue weighted by Crippen LogP contribution is -2.41. The van der Waals surface area contributed by atoms with Crippen LogP contribution in [0.2, 0.25) is 0 Å². The highest BCUT2D eigenvalue weighted by Crippen LogP contribution is 2.16. The number of hydrogen-bond acceptors (Lipinski definition) is 5. The average molecular weight is 385 g/mol. The van der Waals surface area contributed by atoms with Crippen molar-refractivity contribution in [2.45, 2.75) is 31.6 Å². The highest BCUT2D eigenvalue weighted by Gasteiger charge is 2.16. The van der Waals surface area contributed by atoms with E-state index >= 15 is 0 Å². The van der Waals surface area contributed by atoms with Crippen molar-refractivity contribution in [2.24, 2.45) is 10.9 Å². The van der Waals surface area contributed by atoms with Crippen molar-refractivity contribution >= 4 is 21.7 Å². The summed E-state index contributed by atoms with van der Waals surface area (Å²) in [5.41, 5.74) is -0.267. The molecule has 0 heterocycles. The zero-order valence-corrected chi connectivity index (χ0v) is 16.2. The minimum Gasteiger partial charge on any atom is -0.356 e. The molecule has 0 unspecified atom stereocenters. The van der Waals surface area contributed by atoms with Crippen LogP contribution in [0.3, 0.4) is 0 Å². The molecule has 0 saturated carbocycles. The molecule has 0 aliphatic rings. The molecule has 0 atom stereocenters. The summed E-state index contributed by atoms with van der Waals surface area (Å²) in [7, 11) is -2.16. The van der Waals surface area contributed by atoms with E-state index in [1.54, 1.807) is 7.05 Å². The molecule has 9 nitrogen and oxygen atoms in total. The molecule has 0 fully saturated rings. The Morgan fingerprint density at radius 3 is 2.54 bits per heavy atom. The maximum Gasteiger partial charge on any atom is 0.270 e. The molecule has 3 N–H and O–H groups in total. The van der Waals surface area contributed by atoms with Gasteiger partial charge in [-0.2, -0.15) is 0 Å². The van der Waals surface area contributed by atoms with E-state index in [4.69, 9.17) is 0 Å². The van der Waals surface area contributed by atoms with E-state index in [1.807, 2.05) is 0 Å². The topological polar surface area (TPSA) is 126 Å². The van der Waals surface area contributed by atoms with Crippen molar-refractivity contribution in [3.63, 3.8) is 0 Å². The Morgan fingerprint density at radius 1 is 1.23 bits per heavy atom. The van der Waals surface area contributed by atoms with Crippen LogP contribution in [-0.2, 0) is 10.0 Å². The molecule has 1 rings (SSSR count). The van der Waals surface area contributed by atoms with Crippen molar-refractivity contribution in [1.29, 1.82) is 0 Å². The molecule has 0 saturated heterocycles. The molecular formula is C16H27N5O4S. The number of nitrogens with zero attached hydrogens (tertiary/aromatic N) is 2. The van der Waals surface area contributed by atoms with Crippen LogP contribution < -0.4 is 15.4 Å². The van der Waals surface area contributed by atoms with Gasteiger partial charge in [0, 0.05) is 38.8 Å². The van der Waals surface area contributed by atoms with Gasteiger partial charge in [0.25, 0.3) is 5.69 Å². The number of benzene rings is 1. The quantitative estimate of drug-likeness (QED) is 0.184.